The molecular weight excluding hydrogens is 589 g/mol. The lowest BCUT2D eigenvalue weighted by Crippen LogP contribution is -2.12. The SMILES string of the molecule is CCCCCCCCOc1ccc(-c2ccc(SC(=O)c3ccc(Oc4ccc(C(=O)CC(C)C(C)CC)cc4)cc3)cc2)cc1. The molecule has 242 valence electrons. The van der Waals surface area contributed by atoms with E-state index in [2.05, 4.69) is 39.8 Å². The molecule has 4 rings (SSSR count). The molecule has 5 heteroatoms. The Morgan fingerprint density at radius 3 is 1.72 bits per heavy atom. The molecule has 2 unspecified atom stereocenters. The Kier molecular flexibility index (Phi) is 14.0. The zero-order valence-corrected chi connectivity index (χ0v) is 28.6. The van der Waals surface area contributed by atoms with Crippen LogP contribution in [0, 0.1) is 11.8 Å². The highest BCUT2D eigenvalue weighted by Crippen LogP contribution is 2.29. The molecule has 0 fully saturated rings. The molecule has 0 heterocycles. The Balaban J connectivity index is 1.23. The molecule has 0 amide bonds. The number of Topliss-reactive ketones (excluding diaryl/α,β-unsaturated/α-hetero) is 1. The van der Waals surface area contributed by atoms with Gasteiger partial charge < -0.3 is 9.47 Å². The van der Waals surface area contributed by atoms with E-state index in [1.807, 2.05) is 60.7 Å². The van der Waals surface area contributed by atoms with Crippen LogP contribution in [0.4, 0.5) is 0 Å². The van der Waals surface area contributed by atoms with Crippen molar-refractivity contribution in [1.82, 2.24) is 0 Å². The Bertz CT molecular complexity index is 1490. The third kappa shape index (κ3) is 10.9. The summed E-state index contributed by atoms with van der Waals surface area (Å²) in [5.74, 6) is 3.22. The minimum Gasteiger partial charge on any atom is -0.494 e. The van der Waals surface area contributed by atoms with Gasteiger partial charge in [0.2, 0.25) is 5.12 Å². The van der Waals surface area contributed by atoms with Crippen molar-refractivity contribution in [2.24, 2.45) is 11.8 Å². The summed E-state index contributed by atoms with van der Waals surface area (Å²) in [4.78, 5) is 26.5. The van der Waals surface area contributed by atoms with Gasteiger partial charge in [-0.2, -0.15) is 0 Å². The average molecular weight is 637 g/mol. The first kappa shape index (κ1) is 35.0. The highest BCUT2D eigenvalue weighted by molar-refractivity contribution is 8.14. The van der Waals surface area contributed by atoms with Crippen LogP contribution in [-0.2, 0) is 0 Å². The number of ketones is 1. The van der Waals surface area contributed by atoms with Gasteiger partial charge in [-0.05, 0) is 114 Å². The van der Waals surface area contributed by atoms with E-state index in [9.17, 15) is 9.59 Å². The van der Waals surface area contributed by atoms with Gasteiger partial charge in [0.15, 0.2) is 5.78 Å². The zero-order valence-electron chi connectivity index (χ0n) is 27.8. The molecular formula is C41H48O4S. The lowest BCUT2D eigenvalue weighted by Gasteiger charge is -2.17. The normalized spacial score (nSPS) is 12.3. The van der Waals surface area contributed by atoms with Gasteiger partial charge in [-0.3, -0.25) is 9.59 Å². The summed E-state index contributed by atoms with van der Waals surface area (Å²) in [7, 11) is 0. The summed E-state index contributed by atoms with van der Waals surface area (Å²) in [5, 5.41) is -0.0272. The van der Waals surface area contributed by atoms with E-state index in [0.29, 0.717) is 40.9 Å². The fourth-order valence-corrected chi connectivity index (χ4v) is 5.96. The van der Waals surface area contributed by atoms with Gasteiger partial charge in [-0.15, -0.1) is 0 Å². The summed E-state index contributed by atoms with van der Waals surface area (Å²) in [6.07, 6.45) is 9.15. The monoisotopic (exact) mass is 636 g/mol. The zero-order chi connectivity index (χ0) is 32.7. The Morgan fingerprint density at radius 1 is 0.609 bits per heavy atom. The number of hydrogen-bond acceptors (Lipinski definition) is 5. The van der Waals surface area contributed by atoms with E-state index in [4.69, 9.17) is 9.47 Å². The van der Waals surface area contributed by atoms with Gasteiger partial charge in [0.05, 0.1) is 6.61 Å². The summed E-state index contributed by atoms with van der Waals surface area (Å²) in [5.41, 5.74) is 3.52. The van der Waals surface area contributed by atoms with Crippen molar-refractivity contribution >= 4 is 22.7 Å². The molecule has 4 nitrogen and oxygen atoms in total. The number of ether oxygens (including phenoxy) is 2. The van der Waals surface area contributed by atoms with Crippen LogP contribution in [0.1, 0.15) is 99.8 Å². The molecule has 0 bridgehead atoms. The first-order valence-electron chi connectivity index (χ1n) is 16.8. The van der Waals surface area contributed by atoms with E-state index in [1.165, 1.54) is 43.9 Å². The number of carbonyl (C=O) groups excluding carboxylic acids is 2. The van der Waals surface area contributed by atoms with Crippen LogP contribution in [0.25, 0.3) is 11.1 Å². The molecule has 0 saturated carbocycles. The molecule has 0 aliphatic heterocycles. The van der Waals surface area contributed by atoms with Gasteiger partial charge in [-0.1, -0.05) is 90.5 Å². The molecule has 0 aromatic heterocycles. The predicted molar refractivity (Wildman–Crippen MR) is 191 cm³/mol. The van der Waals surface area contributed by atoms with Gasteiger partial charge >= 0.3 is 0 Å². The lowest BCUT2D eigenvalue weighted by molar-refractivity contribution is 0.0950. The summed E-state index contributed by atoms with van der Waals surface area (Å²) < 4.78 is 11.9. The molecule has 0 saturated heterocycles. The number of benzene rings is 4. The minimum absolute atomic E-state index is 0.0272. The van der Waals surface area contributed by atoms with Gasteiger partial charge in [0.25, 0.3) is 0 Å². The van der Waals surface area contributed by atoms with Gasteiger partial charge in [0.1, 0.15) is 17.2 Å². The van der Waals surface area contributed by atoms with Crippen molar-refractivity contribution in [2.45, 2.75) is 84.0 Å². The van der Waals surface area contributed by atoms with E-state index < -0.39 is 0 Å². The van der Waals surface area contributed by atoms with Crippen molar-refractivity contribution in [3.8, 4) is 28.4 Å². The topological polar surface area (TPSA) is 52.6 Å². The molecule has 4 aromatic rings. The van der Waals surface area contributed by atoms with Gasteiger partial charge in [0, 0.05) is 22.4 Å². The summed E-state index contributed by atoms with van der Waals surface area (Å²) >= 11 is 1.21. The second-order valence-electron chi connectivity index (χ2n) is 12.2. The van der Waals surface area contributed by atoms with E-state index in [0.717, 1.165) is 41.2 Å². The molecule has 0 aliphatic rings. The van der Waals surface area contributed by atoms with Crippen LogP contribution < -0.4 is 9.47 Å². The van der Waals surface area contributed by atoms with E-state index >= 15 is 0 Å². The molecule has 46 heavy (non-hydrogen) atoms. The van der Waals surface area contributed by atoms with Crippen molar-refractivity contribution in [3.05, 3.63) is 108 Å². The maximum atomic E-state index is 13.0. The molecule has 0 N–H and O–H groups in total. The highest BCUT2D eigenvalue weighted by atomic mass is 32.2. The van der Waals surface area contributed by atoms with E-state index in [-0.39, 0.29) is 10.9 Å². The van der Waals surface area contributed by atoms with Gasteiger partial charge in [-0.25, -0.2) is 0 Å². The third-order valence-electron chi connectivity index (χ3n) is 8.64. The van der Waals surface area contributed by atoms with E-state index in [1.54, 1.807) is 24.3 Å². The number of hydrogen-bond donors (Lipinski definition) is 0. The summed E-state index contributed by atoms with van der Waals surface area (Å²) in [6, 6.07) is 30.7. The van der Waals surface area contributed by atoms with Crippen LogP contribution in [0.5, 0.6) is 17.2 Å². The Morgan fingerprint density at radius 2 is 1.13 bits per heavy atom. The maximum absolute atomic E-state index is 13.0. The molecule has 0 aliphatic carbocycles. The first-order valence-corrected chi connectivity index (χ1v) is 17.6. The minimum atomic E-state index is -0.0272. The summed E-state index contributed by atoms with van der Waals surface area (Å²) in [6.45, 7) is 9.49. The smallest absolute Gasteiger partial charge is 0.224 e. The number of unbranched alkanes of at least 4 members (excludes halogenated alkanes) is 5. The Labute approximate surface area is 279 Å². The highest BCUT2D eigenvalue weighted by Gasteiger charge is 2.16. The van der Waals surface area contributed by atoms with Crippen LogP contribution in [0.3, 0.4) is 0 Å². The van der Waals surface area contributed by atoms with Crippen molar-refractivity contribution in [2.75, 3.05) is 6.61 Å². The quantitative estimate of drug-likeness (QED) is 0.0618. The third-order valence-corrected chi connectivity index (χ3v) is 9.57. The van der Waals surface area contributed by atoms with Crippen LogP contribution in [-0.4, -0.2) is 17.5 Å². The van der Waals surface area contributed by atoms with Crippen molar-refractivity contribution in [1.29, 1.82) is 0 Å². The van der Waals surface area contributed by atoms with Crippen LogP contribution in [0.15, 0.2) is 102 Å². The van der Waals surface area contributed by atoms with Crippen LogP contribution in [0.2, 0.25) is 0 Å². The first-order chi connectivity index (χ1) is 22.4. The average Bonchev–Trinajstić information content (AvgIpc) is 3.08. The maximum Gasteiger partial charge on any atom is 0.224 e. The molecule has 2 atom stereocenters. The number of carbonyl (C=O) groups is 2. The largest absolute Gasteiger partial charge is 0.494 e. The fraction of sp³-hybridized carbons (Fsp3) is 0.366. The number of rotatable bonds is 18. The van der Waals surface area contributed by atoms with Crippen molar-refractivity contribution in [3.63, 3.8) is 0 Å². The molecule has 4 aromatic carbocycles. The Hall–Kier alpha value is -3.83. The lowest BCUT2D eigenvalue weighted by atomic mass is 9.88. The fourth-order valence-electron chi connectivity index (χ4n) is 5.22. The second-order valence-corrected chi connectivity index (χ2v) is 13.2. The molecule has 0 radical (unpaired) electrons. The number of thioether (sulfide) groups is 1. The predicted octanol–water partition coefficient (Wildman–Crippen LogP) is 12.1. The standard InChI is InChI=1S/C41H48O4S/c1-5-7-8-9-10-11-28-44-36-20-12-32(13-21-36)33-18-26-39(27-19-33)46-41(43)35-16-24-38(25-17-35)45-37-22-14-34(15-23-37)40(42)29-31(4)30(3)6-2/h12-27,30-31H,5-11,28-29H2,1-4H3. The van der Waals surface area contributed by atoms with Crippen LogP contribution >= 0.6 is 11.8 Å². The van der Waals surface area contributed by atoms with Crippen molar-refractivity contribution < 1.29 is 19.1 Å². The second kappa shape index (κ2) is 18.3. The molecule has 0 spiro atoms.